The van der Waals surface area contributed by atoms with Crippen molar-refractivity contribution in [3.05, 3.63) is 54.1 Å². The lowest BCUT2D eigenvalue weighted by Crippen LogP contribution is -2.30. The highest BCUT2D eigenvalue weighted by molar-refractivity contribution is 5.76. The fourth-order valence-electron chi connectivity index (χ4n) is 2.05. The van der Waals surface area contributed by atoms with Crippen LogP contribution in [0.15, 0.2) is 42.7 Å². The molecule has 1 aromatic heterocycles. The molecule has 1 heterocycles. The third-order valence-corrected chi connectivity index (χ3v) is 3.11. The van der Waals surface area contributed by atoms with Crippen molar-refractivity contribution in [1.82, 2.24) is 14.9 Å². The zero-order valence-electron chi connectivity index (χ0n) is 11.3. The summed E-state index contributed by atoms with van der Waals surface area (Å²) in [6.07, 6.45) is 4.17. The normalized spacial score (nSPS) is 12.1. The minimum atomic E-state index is -0.191. The van der Waals surface area contributed by atoms with Crippen LogP contribution in [0.25, 0.3) is 0 Å². The van der Waals surface area contributed by atoms with Gasteiger partial charge in [0.1, 0.15) is 11.9 Å². The lowest BCUT2D eigenvalue weighted by Gasteiger charge is -2.19. The first kappa shape index (κ1) is 13.3. The van der Waals surface area contributed by atoms with E-state index in [1.165, 1.54) is 0 Å². The van der Waals surface area contributed by atoms with Crippen LogP contribution in [0.5, 0.6) is 0 Å². The van der Waals surface area contributed by atoms with Crippen molar-refractivity contribution in [1.29, 1.82) is 0 Å². The minimum absolute atomic E-state index is 0.0273. The molecule has 0 fully saturated rings. The Kier molecular flexibility index (Phi) is 4.34. The Labute approximate surface area is 113 Å². The molecule has 1 unspecified atom stereocenters. The van der Waals surface area contributed by atoms with Gasteiger partial charge in [0.15, 0.2) is 0 Å². The molecular formula is C15H19N3O. The molecule has 0 bridgehead atoms. The molecule has 0 spiro atoms. The van der Waals surface area contributed by atoms with Crippen LogP contribution in [0.1, 0.15) is 37.7 Å². The van der Waals surface area contributed by atoms with Gasteiger partial charge in [-0.2, -0.15) is 0 Å². The van der Waals surface area contributed by atoms with Crippen LogP contribution in [0, 0.1) is 0 Å². The average molecular weight is 257 g/mol. The highest BCUT2D eigenvalue weighted by Crippen LogP contribution is 2.20. The molecular weight excluding hydrogens is 238 g/mol. The van der Waals surface area contributed by atoms with Crippen molar-refractivity contribution < 1.29 is 4.79 Å². The van der Waals surface area contributed by atoms with E-state index in [1.807, 2.05) is 48.0 Å². The maximum absolute atomic E-state index is 11.7. The first-order valence-corrected chi connectivity index (χ1v) is 6.61. The number of benzene rings is 1. The summed E-state index contributed by atoms with van der Waals surface area (Å²) in [6.45, 7) is 4.75. The highest BCUT2D eigenvalue weighted by atomic mass is 16.1. The number of hydrogen-bond acceptors (Lipinski definition) is 2. The van der Waals surface area contributed by atoms with Gasteiger partial charge in [-0.25, -0.2) is 4.98 Å². The zero-order chi connectivity index (χ0) is 13.7. The minimum Gasteiger partial charge on any atom is -0.342 e. The molecule has 2 aromatic rings. The molecule has 100 valence electrons. The van der Waals surface area contributed by atoms with E-state index >= 15 is 0 Å². The van der Waals surface area contributed by atoms with Gasteiger partial charge < -0.3 is 9.88 Å². The second kappa shape index (κ2) is 6.18. The number of aryl methyl sites for hydroxylation is 1. The predicted molar refractivity (Wildman–Crippen MR) is 74.6 cm³/mol. The van der Waals surface area contributed by atoms with Crippen molar-refractivity contribution >= 4 is 5.91 Å². The summed E-state index contributed by atoms with van der Waals surface area (Å²) >= 11 is 0. The lowest BCUT2D eigenvalue weighted by molar-refractivity contribution is -0.121. The summed E-state index contributed by atoms with van der Waals surface area (Å²) in [5.41, 5.74) is 1.05. The van der Waals surface area contributed by atoms with E-state index in [1.54, 1.807) is 6.20 Å². The molecule has 1 N–H and O–H groups in total. The first-order chi connectivity index (χ1) is 9.26. The molecule has 1 aromatic carbocycles. The molecule has 0 aliphatic carbocycles. The van der Waals surface area contributed by atoms with E-state index < -0.39 is 0 Å². The van der Waals surface area contributed by atoms with Crippen LogP contribution in [0.4, 0.5) is 0 Å². The summed E-state index contributed by atoms with van der Waals surface area (Å²) in [5, 5.41) is 3.04. The van der Waals surface area contributed by atoms with Gasteiger partial charge in [0.05, 0.1) is 0 Å². The Morgan fingerprint density at radius 2 is 2.05 bits per heavy atom. The second-order valence-corrected chi connectivity index (χ2v) is 4.34. The molecule has 0 aliphatic rings. The second-order valence-electron chi connectivity index (χ2n) is 4.34. The molecule has 0 saturated heterocycles. The number of hydrogen-bond donors (Lipinski definition) is 1. The number of aromatic nitrogens is 2. The van der Waals surface area contributed by atoms with Crippen molar-refractivity contribution in [2.45, 2.75) is 32.9 Å². The van der Waals surface area contributed by atoms with Crippen LogP contribution in [-0.2, 0) is 11.3 Å². The molecule has 19 heavy (non-hydrogen) atoms. The fourth-order valence-corrected chi connectivity index (χ4v) is 2.05. The van der Waals surface area contributed by atoms with Crippen molar-refractivity contribution in [3.63, 3.8) is 0 Å². The highest BCUT2D eigenvalue weighted by Gasteiger charge is 2.20. The summed E-state index contributed by atoms with van der Waals surface area (Å²) in [7, 11) is 0. The van der Waals surface area contributed by atoms with Gasteiger partial charge in [0.2, 0.25) is 5.91 Å². The number of imidazole rings is 1. The van der Waals surface area contributed by atoms with Gasteiger partial charge >= 0.3 is 0 Å². The smallest absolute Gasteiger partial charge is 0.220 e. The maximum atomic E-state index is 11.7. The fraction of sp³-hybridized carbons (Fsp3) is 0.333. The third-order valence-electron chi connectivity index (χ3n) is 3.11. The standard InChI is InChI=1S/C15H19N3O/c1-3-13(19)17-14(12-8-6-5-7-9-12)15-16-10-11-18(15)4-2/h5-11,14H,3-4H2,1-2H3,(H,17,19). The van der Waals surface area contributed by atoms with Gasteiger partial charge in [0.25, 0.3) is 0 Å². The molecule has 4 heteroatoms. The summed E-state index contributed by atoms with van der Waals surface area (Å²) in [5.74, 6) is 0.898. The van der Waals surface area contributed by atoms with Crippen molar-refractivity contribution in [2.24, 2.45) is 0 Å². The molecule has 4 nitrogen and oxygen atoms in total. The Balaban J connectivity index is 2.37. The first-order valence-electron chi connectivity index (χ1n) is 6.61. The number of amides is 1. The number of carbonyl (C=O) groups excluding carboxylic acids is 1. The number of nitrogens with zero attached hydrogens (tertiary/aromatic N) is 2. The number of rotatable bonds is 5. The Morgan fingerprint density at radius 1 is 1.32 bits per heavy atom. The van der Waals surface area contributed by atoms with Crippen LogP contribution in [0.2, 0.25) is 0 Å². The summed E-state index contributed by atoms with van der Waals surface area (Å²) in [4.78, 5) is 16.1. The van der Waals surface area contributed by atoms with E-state index in [0.29, 0.717) is 6.42 Å². The number of carbonyl (C=O) groups is 1. The van der Waals surface area contributed by atoms with E-state index in [9.17, 15) is 4.79 Å². The number of nitrogens with one attached hydrogen (secondary N) is 1. The molecule has 1 atom stereocenters. The maximum Gasteiger partial charge on any atom is 0.220 e. The van der Waals surface area contributed by atoms with Crippen LogP contribution < -0.4 is 5.32 Å². The third kappa shape index (κ3) is 3.02. The molecule has 0 saturated carbocycles. The zero-order valence-corrected chi connectivity index (χ0v) is 11.3. The van der Waals surface area contributed by atoms with Crippen LogP contribution in [-0.4, -0.2) is 15.5 Å². The molecule has 0 aliphatic heterocycles. The Morgan fingerprint density at radius 3 is 2.68 bits per heavy atom. The lowest BCUT2D eigenvalue weighted by atomic mass is 10.1. The monoisotopic (exact) mass is 257 g/mol. The summed E-state index contributed by atoms with van der Waals surface area (Å²) < 4.78 is 2.05. The van der Waals surface area contributed by atoms with E-state index in [0.717, 1.165) is 17.9 Å². The quantitative estimate of drug-likeness (QED) is 0.894. The molecule has 1 amide bonds. The summed E-state index contributed by atoms with van der Waals surface area (Å²) in [6, 6.07) is 9.74. The molecule has 2 rings (SSSR count). The van der Waals surface area contributed by atoms with E-state index in [4.69, 9.17) is 0 Å². The van der Waals surface area contributed by atoms with Gasteiger partial charge in [-0.1, -0.05) is 37.3 Å². The van der Waals surface area contributed by atoms with Crippen LogP contribution >= 0.6 is 0 Å². The Bertz CT molecular complexity index is 533. The topological polar surface area (TPSA) is 46.9 Å². The van der Waals surface area contributed by atoms with Gasteiger partial charge in [-0.05, 0) is 12.5 Å². The largest absolute Gasteiger partial charge is 0.342 e. The van der Waals surface area contributed by atoms with Gasteiger partial charge in [-0.3, -0.25) is 4.79 Å². The predicted octanol–water partition coefficient (Wildman–Crippen LogP) is 2.52. The Hall–Kier alpha value is -2.10. The van der Waals surface area contributed by atoms with Crippen molar-refractivity contribution in [3.8, 4) is 0 Å². The van der Waals surface area contributed by atoms with E-state index in [-0.39, 0.29) is 11.9 Å². The SMILES string of the molecule is CCC(=O)NC(c1ccccc1)c1nccn1CC. The van der Waals surface area contributed by atoms with Gasteiger partial charge in [0, 0.05) is 25.4 Å². The average Bonchev–Trinajstić information content (AvgIpc) is 2.93. The molecule has 0 radical (unpaired) electrons. The van der Waals surface area contributed by atoms with E-state index in [2.05, 4.69) is 17.2 Å². The van der Waals surface area contributed by atoms with Crippen molar-refractivity contribution in [2.75, 3.05) is 0 Å². The van der Waals surface area contributed by atoms with Gasteiger partial charge in [-0.15, -0.1) is 0 Å². The van der Waals surface area contributed by atoms with Crippen LogP contribution in [0.3, 0.4) is 0 Å².